The molecular formula is C22H26N4O2S2. The van der Waals surface area contributed by atoms with Gasteiger partial charge in [-0.2, -0.15) is 0 Å². The fourth-order valence-electron chi connectivity index (χ4n) is 3.90. The second-order valence-corrected chi connectivity index (χ2v) is 9.81. The third-order valence-corrected chi connectivity index (χ3v) is 7.75. The van der Waals surface area contributed by atoms with Crippen LogP contribution in [0.3, 0.4) is 0 Å². The van der Waals surface area contributed by atoms with E-state index in [0.717, 1.165) is 35.0 Å². The Morgan fingerprint density at radius 3 is 2.80 bits per heavy atom. The summed E-state index contributed by atoms with van der Waals surface area (Å²) in [6.45, 7) is 0.527. The zero-order chi connectivity index (χ0) is 21.3. The molecule has 0 fully saturated rings. The van der Waals surface area contributed by atoms with Crippen LogP contribution in [-0.4, -0.2) is 46.8 Å². The van der Waals surface area contributed by atoms with Gasteiger partial charge in [-0.3, -0.25) is 14.2 Å². The van der Waals surface area contributed by atoms with Crippen molar-refractivity contribution in [2.75, 3.05) is 26.4 Å². The number of hydrogen-bond donors (Lipinski definition) is 1. The summed E-state index contributed by atoms with van der Waals surface area (Å²) in [6, 6.07) is 10.2. The van der Waals surface area contributed by atoms with E-state index in [4.69, 9.17) is 4.98 Å². The molecule has 1 amide bonds. The van der Waals surface area contributed by atoms with Crippen molar-refractivity contribution < 1.29 is 4.79 Å². The Morgan fingerprint density at radius 2 is 2.07 bits per heavy atom. The highest BCUT2D eigenvalue weighted by Crippen LogP contribution is 2.35. The summed E-state index contributed by atoms with van der Waals surface area (Å²) < 4.78 is 1.58. The average Bonchev–Trinajstić information content (AvgIpc) is 3.31. The highest BCUT2D eigenvalue weighted by Gasteiger charge is 2.23. The Balaban J connectivity index is 1.42. The zero-order valence-electron chi connectivity index (χ0n) is 17.5. The van der Waals surface area contributed by atoms with E-state index in [1.54, 1.807) is 23.0 Å². The first-order chi connectivity index (χ1) is 14.5. The number of thiophene rings is 1. The van der Waals surface area contributed by atoms with E-state index >= 15 is 0 Å². The van der Waals surface area contributed by atoms with Gasteiger partial charge in [0.2, 0.25) is 5.91 Å². The van der Waals surface area contributed by atoms with Gasteiger partial charge in [-0.25, -0.2) is 4.98 Å². The first-order valence-electron chi connectivity index (χ1n) is 10.1. The standard InChI is InChI=1S/C22H26N4O2S2/c1-25(2)16(14-8-5-4-6-9-14)12-23-18(27)13-29-22-24-20-19(21(28)26(22)3)15-10-7-11-17(15)30-20/h4-6,8-9,16H,7,10-13H2,1-3H3,(H,23,27)/t16-/m0/s1. The van der Waals surface area contributed by atoms with Gasteiger partial charge in [-0.15, -0.1) is 11.3 Å². The molecule has 0 saturated carbocycles. The summed E-state index contributed by atoms with van der Waals surface area (Å²) in [7, 11) is 5.75. The average molecular weight is 443 g/mol. The molecule has 8 heteroatoms. The molecule has 0 aliphatic heterocycles. The Hall–Kier alpha value is -2.16. The number of rotatable bonds is 7. The maximum atomic E-state index is 12.9. The number of amides is 1. The van der Waals surface area contributed by atoms with Gasteiger partial charge in [0.25, 0.3) is 5.56 Å². The first kappa shape index (κ1) is 21.1. The van der Waals surface area contributed by atoms with Gasteiger partial charge in [0.15, 0.2) is 5.16 Å². The molecule has 4 rings (SSSR count). The van der Waals surface area contributed by atoms with Crippen LogP contribution in [0.5, 0.6) is 0 Å². The van der Waals surface area contributed by atoms with E-state index in [2.05, 4.69) is 22.3 Å². The van der Waals surface area contributed by atoms with E-state index in [9.17, 15) is 9.59 Å². The van der Waals surface area contributed by atoms with Crippen molar-refractivity contribution in [3.63, 3.8) is 0 Å². The number of nitrogens with zero attached hydrogens (tertiary/aromatic N) is 3. The predicted octanol–water partition coefficient (Wildman–Crippen LogP) is 2.99. The van der Waals surface area contributed by atoms with Crippen LogP contribution in [-0.2, 0) is 24.7 Å². The minimum atomic E-state index is -0.0641. The molecule has 0 spiro atoms. The van der Waals surface area contributed by atoms with E-state index in [1.165, 1.54) is 22.2 Å². The molecule has 2 aromatic heterocycles. The summed E-state index contributed by atoms with van der Waals surface area (Å²) in [6.07, 6.45) is 3.13. The zero-order valence-corrected chi connectivity index (χ0v) is 19.1. The molecule has 1 aliphatic rings. The van der Waals surface area contributed by atoms with E-state index in [0.29, 0.717) is 11.7 Å². The van der Waals surface area contributed by atoms with Crippen LogP contribution in [0.4, 0.5) is 0 Å². The summed E-state index contributed by atoms with van der Waals surface area (Å²) in [5.41, 5.74) is 2.35. The molecule has 1 aromatic carbocycles. The minimum Gasteiger partial charge on any atom is -0.353 e. The van der Waals surface area contributed by atoms with E-state index in [-0.39, 0.29) is 23.3 Å². The monoisotopic (exact) mass is 442 g/mol. The Bertz CT molecular complexity index is 1120. The molecule has 0 unspecified atom stereocenters. The third kappa shape index (κ3) is 4.17. The summed E-state index contributed by atoms with van der Waals surface area (Å²) in [4.78, 5) is 34.3. The smallest absolute Gasteiger partial charge is 0.262 e. The van der Waals surface area contributed by atoms with Crippen LogP contribution in [0, 0.1) is 0 Å². The van der Waals surface area contributed by atoms with Crippen molar-refractivity contribution in [2.24, 2.45) is 7.05 Å². The highest BCUT2D eigenvalue weighted by molar-refractivity contribution is 7.99. The first-order valence-corrected chi connectivity index (χ1v) is 11.9. The SMILES string of the molecule is CN(C)[C@@H](CNC(=O)CSc1nc2sc3c(c2c(=O)n1C)CCC3)c1ccccc1. The molecule has 30 heavy (non-hydrogen) atoms. The third-order valence-electron chi connectivity index (χ3n) is 5.54. The van der Waals surface area contributed by atoms with Crippen molar-refractivity contribution in [1.82, 2.24) is 19.8 Å². The van der Waals surface area contributed by atoms with Gasteiger partial charge in [0.1, 0.15) is 4.83 Å². The largest absolute Gasteiger partial charge is 0.353 e. The summed E-state index contributed by atoms with van der Waals surface area (Å²) in [5.74, 6) is 0.164. The van der Waals surface area contributed by atoms with Crippen LogP contribution < -0.4 is 10.9 Å². The van der Waals surface area contributed by atoms with Crippen LogP contribution >= 0.6 is 23.1 Å². The van der Waals surface area contributed by atoms with Crippen molar-refractivity contribution in [1.29, 1.82) is 0 Å². The van der Waals surface area contributed by atoms with Crippen LogP contribution in [0.2, 0.25) is 0 Å². The van der Waals surface area contributed by atoms with Gasteiger partial charge in [0, 0.05) is 18.5 Å². The molecule has 0 saturated heterocycles. The van der Waals surface area contributed by atoms with Gasteiger partial charge >= 0.3 is 0 Å². The Labute approximate surface area is 184 Å². The quantitative estimate of drug-likeness (QED) is 0.450. The molecule has 0 bridgehead atoms. The predicted molar refractivity (Wildman–Crippen MR) is 123 cm³/mol. The lowest BCUT2D eigenvalue weighted by Crippen LogP contribution is -2.35. The highest BCUT2D eigenvalue weighted by atomic mass is 32.2. The van der Waals surface area contributed by atoms with Crippen molar-refractivity contribution in [3.05, 3.63) is 56.7 Å². The lowest BCUT2D eigenvalue weighted by atomic mass is 10.1. The van der Waals surface area contributed by atoms with Crippen molar-refractivity contribution >= 4 is 39.2 Å². The number of nitrogens with one attached hydrogen (secondary N) is 1. The molecule has 158 valence electrons. The molecular weight excluding hydrogens is 416 g/mol. The maximum absolute atomic E-state index is 12.9. The topological polar surface area (TPSA) is 67.2 Å². The normalized spacial score (nSPS) is 14.3. The van der Waals surface area contributed by atoms with Crippen molar-refractivity contribution in [3.8, 4) is 0 Å². The van der Waals surface area contributed by atoms with Crippen LogP contribution in [0.15, 0.2) is 40.3 Å². The lowest BCUT2D eigenvalue weighted by Gasteiger charge is -2.25. The molecule has 3 aromatic rings. The van der Waals surface area contributed by atoms with Gasteiger partial charge in [-0.1, -0.05) is 42.1 Å². The molecule has 1 N–H and O–H groups in total. The van der Waals surface area contributed by atoms with Gasteiger partial charge < -0.3 is 10.2 Å². The minimum absolute atomic E-state index is 0.000873. The van der Waals surface area contributed by atoms with Gasteiger partial charge in [-0.05, 0) is 44.5 Å². The second kappa shape index (κ2) is 8.91. The van der Waals surface area contributed by atoms with E-state index < -0.39 is 0 Å². The maximum Gasteiger partial charge on any atom is 0.262 e. The molecule has 2 heterocycles. The van der Waals surface area contributed by atoms with Crippen LogP contribution in [0.1, 0.15) is 28.5 Å². The molecule has 6 nitrogen and oxygen atoms in total. The van der Waals surface area contributed by atoms with Crippen LogP contribution in [0.25, 0.3) is 10.2 Å². The number of carbonyl (C=O) groups excluding carboxylic acids is 1. The number of hydrogen-bond acceptors (Lipinski definition) is 6. The number of benzene rings is 1. The molecule has 1 aliphatic carbocycles. The van der Waals surface area contributed by atoms with Gasteiger partial charge in [0.05, 0.1) is 17.2 Å². The summed E-state index contributed by atoms with van der Waals surface area (Å²) in [5, 5.41) is 4.39. The summed E-state index contributed by atoms with van der Waals surface area (Å²) >= 11 is 2.94. The number of aromatic nitrogens is 2. The fourth-order valence-corrected chi connectivity index (χ4v) is 6.00. The number of thioether (sulfide) groups is 1. The molecule has 0 radical (unpaired) electrons. The lowest BCUT2D eigenvalue weighted by molar-refractivity contribution is -0.118. The second-order valence-electron chi connectivity index (χ2n) is 7.78. The number of aryl methyl sites for hydroxylation is 2. The Morgan fingerprint density at radius 1 is 1.30 bits per heavy atom. The molecule has 1 atom stereocenters. The number of likely N-dealkylation sites (N-methyl/N-ethyl adjacent to an activating group) is 1. The van der Waals surface area contributed by atoms with Crippen molar-refractivity contribution in [2.45, 2.75) is 30.5 Å². The fraction of sp³-hybridized carbons (Fsp3) is 0.409. The Kier molecular flexibility index (Phi) is 6.26. The number of carbonyl (C=O) groups is 1. The number of fused-ring (bicyclic) bond motifs is 3. The van der Waals surface area contributed by atoms with E-state index in [1.807, 2.05) is 32.3 Å².